The van der Waals surface area contributed by atoms with Crippen LogP contribution in [0.5, 0.6) is 11.5 Å². The first kappa shape index (κ1) is 18.4. The second-order valence-corrected chi connectivity index (χ2v) is 7.81. The summed E-state index contributed by atoms with van der Waals surface area (Å²) in [6.07, 6.45) is 4.41. The lowest BCUT2D eigenvalue weighted by atomic mass is 9.89. The van der Waals surface area contributed by atoms with Crippen molar-refractivity contribution in [2.45, 2.75) is 26.2 Å². The Balaban J connectivity index is 1.26. The summed E-state index contributed by atoms with van der Waals surface area (Å²) in [5, 5.41) is 3.06. The first-order valence-electron chi connectivity index (χ1n) is 10.3. The van der Waals surface area contributed by atoms with E-state index in [9.17, 15) is 4.79 Å². The number of para-hydroxylation sites is 1. The van der Waals surface area contributed by atoms with E-state index in [1.165, 1.54) is 5.56 Å². The number of amides is 1. The number of pyridine rings is 1. The third-order valence-corrected chi connectivity index (χ3v) is 5.60. The zero-order valence-electron chi connectivity index (χ0n) is 16.8. The largest absolute Gasteiger partial charge is 0.457 e. The van der Waals surface area contributed by atoms with Gasteiger partial charge in [0.05, 0.1) is 5.69 Å². The van der Waals surface area contributed by atoms with Crippen LogP contribution in [0.1, 0.15) is 23.4 Å². The number of carbonyl (C=O) groups excluding carboxylic acids is 1. The van der Waals surface area contributed by atoms with E-state index in [1.54, 1.807) is 0 Å². The molecule has 0 saturated carbocycles. The molecule has 1 aliphatic carbocycles. The number of carbonyl (C=O) groups is 1. The van der Waals surface area contributed by atoms with Crippen molar-refractivity contribution in [1.29, 1.82) is 0 Å². The molecule has 0 radical (unpaired) electrons. The van der Waals surface area contributed by atoms with E-state index in [1.807, 2.05) is 54.6 Å². The predicted molar refractivity (Wildman–Crippen MR) is 117 cm³/mol. The van der Waals surface area contributed by atoms with Gasteiger partial charge in [0.25, 0.3) is 0 Å². The van der Waals surface area contributed by atoms with E-state index in [2.05, 4.69) is 35.0 Å². The number of rotatable bonds is 4. The Kier molecular flexibility index (Phi) is 4.71. The van der Waals surface area contributed by atoms with Crippen molar-refractivity contribution in [1.82, 2.24) is 9.38 Å². The Morgan fingerprint density at radius 2 is 1.83 bits per heavy atom. The van der Waals surface area contributed by atoms with E-state index in [4.69, 9.17) is 9.72 Å². The molecule has 4 aromatic rings. The average Bonchev–Trinajstić information content (AvgIpc) is 3.12. The number of nitrogens with one attached hydrogen (secondary N) is 1. The van der Waals surface area contributed by atoms with E-state index < -0.39 is 0 Å². The van der Waals surface area contributed by atoms with Crippen LogP contribution in [0.25, 0.3) is 5.65 Å². The monoisotopic (exact) mass is 397 g/mol. The average molecular weight is 397 g/mol. The molecule has 150 valence electrons. The van der Waals surface area contributed by atoms with Crippen molar-refractivity contribution in [3.63, 3.8) is 0 Å². The summed E-state index contributed by atoms with van der Waals surface area (Å²) in [5.74, 6) is 1.52. The van der Waals surface area contributed by atoms with E-state index >= 15 is 0 Å². The Labute approximate surface area is 175 Å². The third kappa shape index (κ3) is 3.66. The zero-order chi connectivity index (χ0) is 20.5. The lowest BCUT2D eigenvalue weighted by Gasteiger charge is -2.21. The molecular formula is C25H23N3O2. The van der Waals surface area contributed by atoms with Gasteiger partial charge in [-0.2, -0.15) is 0 Å². The van der Waals surface area contributed by atoms with Crippen LogP contribution in [0, 0.1) is 12.8 Å². The zero-order valence-corrected chi connectivity index (χ0v) is 16.8. The molecule has 5 heteroatoms. The predicted octanol–water partition coefficient (Wildman–Crippen LogP) is 5.18. The number of anilines is 1. The minimum Gasteiger partial charge on any atom is -0.457 e. The molecule has 2 aromatic carbocycles. The van der Waals surface area contributed by atoms with Crippen LogP contribution >= 0.6 is 0 Å². The van der Waals surface area contributed by atoms with Crippen molar-refractivity contribution < 1.29 is 9.53 Å². The molecule has 0 saturated heterocycles. The molecular weight excluding hydrogens is 374 g/mol. The van der Waals surface area contributed by atoms with E-state index in [0.717, 1.165) is 47.1 Å². The highest BCUT2D eigenvalue weighted by Gasteiger charge is 2.28. The number of nitrogens with zero attached hydrogens (tertiary/aromatic N) is 2. The second-order valence-electron chi connectivity index (χ2n) is 7.81. The fourth-order valence-corrected chi connectivity index (χ4v) is 4.01. The van der Waals surface area contributed by atoms with Gasteiger partial charge in [0.2, 0.25) is 5.91 Å². The van der Waals surface area contributed by atoms with Gasteiger partial charge in [-0.05, 0) is 73.9 Å². The molecule has 0 spiro atoms. The van der Waals surface area contributed by atoms with Crippen molar-refractivity contribution in [2.24, 2.45) is 5.92 Å². The molecule has 1 N–H and O–H groups in total. The molecule has 2 aromatic heterocycles. The first-order chi connectivity index (χ1) is 14.7. The lowest BCUT2D eigenvalue weighted by Crippen LogP contribution is -2.28. The van der Waals surface area contributed by atoms with Gasteiger partial charge in [-0.3, -0.25) is 4.79 Å². The number of aryl methyl sites for hydroxylation is 2. The molecule has 0 fully saturated rings. The van der Waals surface area contributed by atoms with Gasteiger partial charge in [0.1, 0.15) is 17.1 Å². The minimum absolute atomic E-state index is 0.0550. The van der Waals surface area contributed by atoms with Crippen LogP contribution < -0.4 is 10.1 Å². The minimum atomic E-state index is -0.0565. The Hall–Kier alpha value is -3.60. The van der Waals surface area contributed by atoms with Crippen LogP contribution in [0.15, 0.2) is 72.9 Å². The SMILES string of the molecule is Cc1ccn2c3c(nc2c1)CCC(C(=O)Nc1ccc(Oc2ccccc2)cc1)C3. The van der Waals surface area contributed by atoms with Gasteiger partial charge in [-0.15, -0.1) is 0 Å². The van der Waals surface area contributed by atoms with Gasteiger partial charge < -0.3 is 14.5 Å². The Morgan fingerprint density at radius 3 is 2.63 bits per heavy atom. The number of ether oxygens (including phenoxy) is 1. The van der Waals surface area contributed by atoms with Crippen LogP contribution in [0.2, 0.25) is 0 Å². The van der Waals surface area contributed by atoms with Crippen LogP contribution in [0.3, 0.4) is 0 Å². The summed E-state index contributed by atoms with van der Waals surface area (Å²) in [7, 11) is 0. The molecule has 1 atom stereocenters. The smallest absolute Gasteiger partial charge is 0.227 e. The number of imidazole rings is 1. The van der Waals surface area contributed by atoms with Crippen LogP contribution in [-0.2, 0) is 17.6 Å². The highest BCUT2D eigenvalue weighted by atomic mass is 16.5. The highest BCUT2D eigenvalue weighted by molar-refractivity contribution is 5.93. The summed E-state index contributed by atoms with van der Waals surface area (Å²) in [4.78, 5) is 17.6. The maximum Gasteiger partial charge on any atom is 0.227 e. The molecule has 5 rings (SSSR count). The Bertz CT molecular complexity index is 1200. The summed E-state index contributed by atoms with van der Waals surface area (Å²) < 4.78 is 7.93. The summed E-state index contributed by atoms with van der Waals surface area (Å²) in [5.41, 5.74) is 5.21. The van der Waals surface area contributed by atoms with E-state index in [-0.39, 0.29) is 11.8 Å². The normalized spacial score (nSPS) is 15.6. The van der Waals surface area contributed by atoms with Gasteiger partial charge >= 0.3 is 0 Å². The van der Waals surface area contributed by atoms with Gasteiger partial charge in [0.15, 0.2) is 0 Å². The van der Waals surface area contributed by atoms with Crippen molar-refractivity contribution in [2.75, 3.05) is 5.32 Å². The summed E-state index contributed by atoms with van der Waals surface area (Å²) >= 11 is 0. The fourth-order valence-electron chi connectivity index (χ4n) is 4.01. The molecule has 2 heterocycles. The molecule has 0 aliphatic heterocycles. The molecule has 1 amide bonds. The van der Waals surface area contributed by atoms with Crippen molar-refractivity contribution >= 4 is 17.2 Å². The van der Waals surface area contributed by atoms with Crippen molar-refractivity contribution in [3.05, 3.63) is 89.9 Å². The maximum absolute atomic E-state index is 12.9. The molecule has 1 aliphatic rings. The van der Waals surface area contributed by atoms with Crippen LogP contribution in [0.4, 0.5) is 5.69 Å². The molecule has 1 unspecified atom stereocenters. The molecule has 30 heavy (non-hydrogen) atoms. The quantitative estimate of drug-likeness (QED) is 0.516. The number of hydrogen-bond donors (Lipinski definition) is 1. The second kappa shape index (κ2) is 7.67. The third-order valence-electron chi connectivity index (χ3n) is 5.60. The number of aromatic nitrogens is 2. The summed E-state index contributed by atoms with van der Waals surface area (Å²) in [6, 6.07) is 21.3. The van der Waals surface area contributed by atoms with Gasteiger partial charge in [-0.25, -0.2) is 4.98 Å². The van der Waals surface area contributed by atoms with Crippen molar-refractivity contribution in [3.8, 4) is 11.5 Å². The van der Waals surface area contributed by atoms with Gasteiger partial charge in [-0.1, -0.05) is 18.2 Å². The highest BCUT2D eigenvalue weighted by Crippen LogP contribution is 2.28. The topological polar surface area (TPSA) is 55.6 Å². The Morgan fingerprint density at radius 1 is 1.07 bits per heavy atom. The summed E-state index contributed by atoms with van der Waals surface area (Å²) in [6.45, 7) is 2.07. The first-order valence-corrected chi connectivity index (χ1v) is 10.3. The number of hydrogen-bond acceptors (Lipinski definition) is 3. The number of fused-ring (bicyclic) bond motifs is 3. The number of benzene rings is 2. The molecule has 0 bridgehead atoms. The molecule has 5 nitrogen and oxygen atoms in total. The maximum atomic E-state index is 12.9. The van der Waals surface area contributed by atoms with Crippen LogP contribution in [-0.4, -0.2) is 15.3 Å². The van der Waals surface area contributed by atoms with Gasteiger partial charge in [0, 0.05) is 29.9 Å². The van der Waals surface area contributed by atoms with E-state index in [0.29, 0.717) is 6.42 Å². The lowest BCUT2D eigenvalue weighted by molar-refractivity contribution is -0.120. The fraction of sp³-hybridized carbons (Fsp3) is 0.200. The standard InChI is InChI=1S/C25H23N3O2/c1-17-13-14-28-23-16-18(7-12-22(23)27-24(28)15-17)25(29)26-19-8-10-21(11-9-19)30-20-5-3-2-4-6-20/h2-6,8-11,13-15,18H,7,12,16H2,1H3,(H,26,29).